The summed E-state index contributed by atoms with van der Waals surface area (Å²) in [6, 6.07) is 13.0. The average Bonchev–Trinajstić information content (AvgIpc) is 3.02. The van der Waals surface area contributed by atoms with Crippen molar-refractivity contribution in [1.29, 1.82) is 0 Å². The van der Waals surface area contributed by atoms with Crippen molar-refractivity contribution in [2.45, 2.75) is 20.0 Å². The van der Waals surface area contributed by atoms with Gasteiger partial charge in [0, 0.05) is 12.0 Å². The predicted molar refractivity (Wildman–Crippen MR) is 87.6 cm³/mol. The Kier molecular flexibility index (Phi) is 4.28. The van der Waals surface area contributed by atoms with Crippen LogP contribution >= 0.6 is 0 Å². The maximum atomic E-state index is 11.2. The second kappa shape index (κ2) is 6.52. The van der Waals surface area contributed by atoms with Gasteiger partial charge in [0.05, 0.1) is 12.3 Å². The molecule has 1 aliphatic heterocycles. The molecule has 5 nitrogen and oxygen atoms in total. The summed E-state index contributed by atoms with van der Waals surface area (Å²) in [6.45, 7) is 2.92. The van der Waals surface area contributed by atoms with E-state index in [9.17, 15) is 4.79 Å². The van der Waals surface area contributed by atoms with Crippen molar-refractivity contribution >= 4 is 11.6 Å². The van der Waals surface area contributed by atoms with E-state index in [1.165, 1.54) is 5.56 Å². The highest BCUT2D eigenvalue weighted by Crippen LogP contribution is 2.26. The summed E-state index contributed by atoms with van der Waals surface area (Å²) in [4.78, 5) is 16.6. The number of hydrogen-bond donors (Lipinski definition) is 1. The lowest BCUT2D eigenvalue weighted by Crippen LogP contribution is -2.11. The van der Waals surface area contributed by atoms with Crippen LogP contribution in [0.25, 0.3) is 0 Å². The number of nitrogens with zero attached hydrogens (tertiary/aromatic N) is 1. The molecular weight excluding hydrogens is 292 g/mol. The fraction of sp³-hybridized carbons (Fsp3) is 0.222. The molecule has 2 N–H and O–H groups in total. The van der Waals surface area contributed by atoms with E-state index in [0.29, 0.717) is 5.56 Å². The molecule has 0 fully saturated rings. The van der Waals surface area contributed by atoms with Gasteiger partial charge in [0.2, 0.25) is 5.91 Å². The minimum Gasteiger partial charge on any atom is -0.493 e. The van der Waals surface area contributed by atoms with Crippen LogP contribution in [0, 0.1) is 0 Å². The molecule has 1 heterocycles. The summed E-state index contributed by atoms with van der Waals surface area (Å²) in [5.41, 5.74) is 9.58. The van der Waals surface area contributed by atoms with Gasteiger partial charge < -0.3 is 15.3 Å². The molecule has 1 amide bonds. The number of fused-ring (bicyclic) bond motifs is 1. The van der Waals surface area contributed by atoms with Crippen LogP contribution in [-0.4, -0.2) is 18.2 Å². The summed E-state index contributed by atoms with van der Waals surface area (Å²) >= 11 is 0. The molecule has 0 aromatic heterocycles. The lowest BCUT2D eigenvalue weighted by Gasteiger charge is -2.05. The molecule has 3 rings (SSSR count). The molecule has 0 aliphatic carbocycles. The second-order valence-corrected chi connectivity index (χ2v) is 5.44. The molecule has 0 spiro atoms. The minimum atomic E-state index is -0.452. The fourth-order valence-electron chi connectivity index (χ4n) is 2.48. The van der Waals surface area contributed by atoms with Crippen LogP contribution in [0.1, 0.15) is 34.0 Å². The second-order valence-electron chi connectivity index (χ2n) is 5.44. The van der Waals surface area contributed by atoms with E-state index in [1.807, 2.05) is 25.1 Å². The fourth-order valence-corrected chi connectivity index (χ4v) is 2.48. The Bertz CT molecular complexity index is 769. The Balaban J connectivity index is 1.66. The first-order chi connectivity index (χ1) is 11.1. The molecule has 23 heavy (non-hydrogen) atoms. The first-order valence-electron chi connectivity index (χ1n) is 7.45. The van der Waals surface area contributed by atoms with E-state index in [2.05, 4.69) is 11.2 Å². The quantitative estimate of drug-likeness (QED) is 0.681. The number of rotatable bonds is 5. The van der Waals surface area contributed by atoms with Gasteiger partial charge in [-0.2, -0.15) is 0 Å². The number of ether oxygens (including phenoxy) is 1. The van der Waals surface area contributed by atoms with E-state index < -0.39 is 5.91 Å². The molecule has 0 saturated heterocycles. The Labute approximate surface area is 134 Å². The van der Waals surface area contributed by atoms with Crippen LogP contribution in [-0.2, 0) is 17.9 Å². The molecule has 0 unspecified atom stereocenters. The number of nitrogens with two attached hydrogens (primary N) is 1. The van der Waals surface area contributed by atoms with E-state index >= 15 is 0 Å². The van der Waals surface area contributed by atoms with Gasteiger partial charge in [0.15, 0.2) is 0 Å². The van der Waals surface area contributed by atoms with Crippen molar-refractivity contribution in [3.8, 4) is 5.75 Å². The molecular formula is C18H18N2O3. The number of carbonyl (C=O) groups excluding carboxylic acids is 1. The zero-order valence-electron chi connectivity index (χ0n) is 12.9. The molecule has 0 atom stereocenters. The summed E-state index contributed by atoms with van der Waals surface area (Å²) in [5, 5.41) is 4.15. The van der Waals surface area contributed by atoms with Crippen LogP contribution in [0.3, 0.4) is 0 Å². The molecule has 2 aromatic rings. The molecule has 118 valence electrons. The molecule has 1 aliphatic rings. The number of carbonyl (C=O) groups is 1. The van der Waals surface area contributed by atoms with E-state index in [-0.39, 0.29) is 6.61 Å². The Hall–Kier alpha value is -2.82. The summed E-state index contributed by atoms with van der Waals surface area (Å²) in [6.07, 6.45) is 0.928. The van der Waals surface area contributed by atoms with Gasteiger partial charge in [-0.15, -0.1) is 0 Å². The molecule has 0 radical (unpaired) electrons. The summed E-state index contributed by atoms with van der Waals surface area (Å²) < 4.78 is 5.49. The number of amides is 1. The number of oxime groups is 1. The highest BCUT2D eigenvalue weighted by Gasteiger charge is 2.12. The van der Waals surface area contributed by atoms with Gasteiger partial charge in [-0.05, 0) is 53.9 Å². The predicted octanol–water partition coefficient (Wildman–Crippen LogP) is 2.66. The smallest absolute Gasteiger partial charge is 0.248 e. The van der Waals surface area contributed by atoms with Gasteiger partial charge in [-0.1, -0.05) is 17.3 Å². The SMILES string of the molecule is C/C(=N\OCc1cccc(C(N)=O)c1)c1ccc2c(c1)CCO2. The molecule has 5 heteroatoms. The molecule has 0 bridgehead atoms. The Morgan fingerprint density at radius 1 is 1.26 bits per heavy atom. The zero-order chi connectivity index (χ0) is 16.2. The normalized spacial score (nSPS) is 13.3. The van der Waals surface area contributed by atoms with Gasteiger partial charge in [-0.25, -0.2) is 0 Å². The van der Waals surface area contributed by atoms with Crippen molar-refractivity contribution in [3.63, 3.8) is 0 Å². The van der Waals surface area contributed by atoms with Crippen molar-refractivity contribution in [2.24, 2.45) is 10.9 Å². The minimum absolute atomic E-state index is 0.284. The van der Waals surface area contributed by atoms with Gasteiger partial charge in [0.1, 0.15) is 12.4 Å². The summed E-state index contributed by atoms with van der Waals surface area (Å²) in [5.74, 6) is 0.498. The van der Waals surface area contributed by atoms with Gasteiger partial charge in [0.25, 0.3) is 0 Å². The topological polar surface area (TPSA) is 73.9 Å². The largest absolute Gasteiger partial charge is 0.493 e. The van der Waals surface area contributed by atoms with E-state index in [0.717, 1.165) is 35.6 Å². The van der Waals surface area contributed by atoms with Crippen molar-refractivity contribution in [2.75, 3.05) is 6.61 Å². The first-order valence-corrected chi connectivity index (χ1v) is 7.45. The zero-order valence-corrected chi connectivity index (χ0v) is 12.9. The van der Waals surface area contributed by atoms with Crippen molar-refractivity contribution < 1.29 is 14.4 Å². The highest BCUT2D eigenvalue weighted by atomic mass is 16.6. The number of hydrogen-bond acceptors (Lipinski definition) is 4. The van der Waals surface area contributed by atoms with Crippen molar-refractivity contribution in [1.82, 2.24) is 0 Å². The van der Waals surface area contributed by atoms with Crippen LogP contribution in [0.15, 0.2) is 47.6 Å². The number of benzene rings is 2. The monoisotopic (exact) mass is 310 g/mol. The standard InChI is InChI=1S/C18H18N2O3/c1-12(14-5-6-17-15(10-14)7-8-22-17)20-23-11-13-3-2-4-16(9-13)18(19)21/h2-6,9-10H,7-8,11H2,1H3,(H2,19,21)/b20-12+. The van der Waals surface area contributed by atoms with E-state index in [4.69, 9.17) is 15.3 Å². The Morgan fingerprint density at radius 3 is 2.96 bits per heavy atom. The lowest BCUT2D eigenvalue weighted by molar-refractivity contribution is 0.0999. The molecule has 2 aromatic carbocycles. The lowest BCUT2D eigenvalue weighted by atomic mass is 10.1. The van der Waals surface area contributed by atoms with Crippen LogP contribution in [0.5, 0.6) is 5.75 Å². The third-order valence-electron chi connectivity index (χ3n) is 3.75. The van der Waals surface area contributed by atoms with Crippen LogP contribution < -0.4 is 10.5 Å². The van der Waals surface area contributed by atoms with Crippen molar-refractivity contribution in [3.05, 3.63) is 64.7 Å². The maximum Gasteiger partial charge on any atom is 0.248 e. The average molecular weight is 310 g/mol. The maximum absolute atomic E-state index is 11.2. The van der Waals surface area contributed by atoms with Crippen LogP contribution in [0.4, 0.5) is 0 Å². The van der Waals surface area contributed by atoms with E-state index in [1.54, 1.807) is 18.2 Å². The highest BCUT2D eigenvalue weighted by molar-refractivity contribution is 5.98. The van der Waals surface area contributed by atoms with Crippen LogP contribution in [0.2, 0.25) is 0 Å². The Morgan fingerprint density at radius 2 is 2.13 bits per heavy atom. The third-order valence-corrected chi connectivity index (χ3v) is 3.75. The number of primary amides is 1. The van der Waals surface area contributed by atoms with Gasteiger partial charge >= 0.3 is 0 Å². The summed E-state index contributed by atoms with van der Waals surface area (Å²) in [7, 11) is 0. The first kappa shape index (κ1) is 15.1. The third kappa shape index (κ3) is 3.51. The van der Waals surface area contributed by atoms with Gasteiger partial charge in [-0.3, -0.25) is 4.79 Å². The molecule has 0 saturated carbocycles.